The van der Waals surface area contributed by atoms with Gasteiger partial charge in [-0.1, -0.05) is 24.3 Å². The molecule has 0 aliphatic carbocycles. The minimum absolute atomic E-state index is 0.414. The number of methoxy groups -OCH3 is 1. The van der Waals surface area contributed by atoms with E-state index in [1.807, 2.05) is 42.6 Å². The average molecular weight is 350 g/mol. The van der Waals surface area contributed by atoms with Crippen LogP contribution in [0, 0.1) is 0 Å². The molecule has 6 nitrogen and oxygen atoms in total. The summed E-state index contributed by atoms with van der Waals surface area (Å²) in [7, 11) is 1.35. The molecule has 0 aliphatic heterocycles. The highest BCUT2D eigenvalue weighted by atomic mass is 32.1. The van der Waals surface area contributed by atoms with Gasteiger partial charge in [0.05, 0.1) is 18.5 Å². The molecule has 0 bridgehead atoms. The molecule has 1 aromatic carbocycles. The zero-order chi connectivity index (χ0) is 17.4. The molecule has 7 heteroatoms. The summed E-state index contributed by atoms with van der Waals surface area (Å²) in [6.07, 6.45) is 3.60. The number of ether oxygens (including phenoxy) is 1. The van der Waals surface area contributed by atoms with E-state index in [1.54, 1.807) is 16.8 Å². The van der Waals surface area contributed by atoms with Crippen molar-refractivity contribution < 1.29 is 9.53 Å². The van der Waals surface area contributed by atoms with Crippen LogP contribution in [0.4, 0.5) is 5.69 Å². The highest BCUT2D eigenvalue weighted by molar-refractivity contribution is 7.18. The number of esters is 1. The van der Waals surface area contributed by atoms with Crippen molar-refractivity contribution in [2.75, 3.05) is 12.8 Å². The third-order valence-electron chi connectivity index (χ3n) is 3.83. The van der Waals surface area contributed by atoms with E-state index in [0.717, 1.165) is 27.3 Å². The SMILES string of the molecule is COC(=O)c1sc(-c2ccc(-c3cc4ncccn4n3)cc2)cc1N. The first-order chi connectivity index (χ1) is 12.2. The van der Waals surface area contributed by atoms with Gasteiger partial charge in [-0.3, -0.25) is 0 Å². The molecule has 4 aromatic rings. The summed E-state index contributed by atoms with van der Waals surface area (Å²) in [5, 5.41) is 4.51. The minimum Gasteiger partial charge on any atom is -0.465 e. The lowest BCUT2D eigenvalue weighted by Crippen LogP contribution is -2.00. The van der Waals surface area contributed by atoms with Gasteiger partial charge in [-0.25, -0.2) is 14.3 Å². The fraction of sp³-hybridized carbons (Fsp3) is 0.0556. The molecular formula is C18H14N4O2S. The molecule has 4 rings (SSSR count). The van der Waals surface area contributed by atoms with Crippen LogP contribution in [0.15, 0.2) is 54.9 Å². The number of anilines is 1. The molecule has 124 valence electrons. The van der Waals surface area contributed by atoms with E-state index in [2.05, 4.69) is 10.1 Å². The van der Waals surface area contributed by atoms with Gasteiger partial charge < -0.3 is 10.5 Å². The minimum atomic E-state index is -0.414. The number of hydrogen-bond acceptors (Lipinski definition) is 6. The van der Waals surface area contributed by atoms with Gasteiger partial charge >= 0.3 is 5.97 Å². The zero-order valence-corrected chi connectivity index (χ0v) is 14.2. The number of hydrogen-bond donors (Lipinski definition) is 1. The van der Waals surface area contributed by atoms with Gasteiger partial charge in [0.2, 0.25) is 0 Å². The molecular weight excluding hydrogens is 336 g/mol. The van der Waals surface area contributed by atoms with E-state index in [4.69, 9.17) is 10.5 Å². The van der Waals surface area contributed by atoms with Crippen LogP contribution in [0.2, 0.25) is 0 Å². The Labute approximate surface area is 147 Å². The Kier molecular flexibility index (Phi) is 3.70. The van der Waals surface area contributed by atoms with Gasteiger partial charge in [-0.2, -0.15) is 5.10 Å². The second kappa shape index (κ2) is 6.03. The number of nitrogens with zero attached hydrogens (tertiary/aromatic N) is 3. The molecule has 0 atom stereocenters. The fourth-order valence-electron chi connectivity index (χ4n) is 2.58. The molecule has 2 N–H and O–H groups in total. The van der Waals surface area contributed by atoms with E-state index >= 15 is 0 Å². The first kappa shape index (κ1) is 15.3. The molecule has 0 spiro atoms. The van der Waals surface area contributed by atoms with Crippen LogP contribution >= 0.6 is 11.3 Å². The number of aromatic nitrogens is 3. The Morgan fingerprint density at radius 1 is 1.20 bits per heavy atom. The summed E-state index contributed by atoms with van der Waals surface area (Å²) < 4.78 is 6.49. The first-order valence-corrected chi connectivity index (χ1v) is 8.36. The molecule has 0 saturated carbocycles. The van der Waals surface area contributed by atoms with Gasteiger partial charge in [-0.05, 0) is 17.7 Å². The average Bonchev–Trinajstić information content (AvgIpc) is 3.25. The van der Waals surface area contributed by atoms with Crippen LogP contribution in [0.25, 0.3) is 27.3 Å². The van der Waals surface area contributed by atoms with Crippen molar-refractivity contribution >= 4 is 28.6 Å². The summed E-state index contributed by atoms with van der Waals surface area (Å²) in [6, 6.07) is 13.5. The maximum absolute atomic E-state index is 11.7. The summed E-state index contributed by atoms with van der Waals surface area (Å²) in [5.41, 5.74) is 9.97. The van der Waals surface area contributed by atoms with E-state index in [1.165, 1.54) is 18.4 Å². The van der Waals surface area contributed by atoms with Gasteiger partial charge in [0, 0.05) is 28.9 Å². The lowest BCUT2D eigenvalue weighted by atomic mass is 10.1. The third kappa shape index (κ3) is 2.74. The molecule has 0 aliphatic rings. The third-order valence-corrected chi connectivity index (χ3v) is 5.01. The zero-order valence-electron chi connectivity index (χ0n) is 13.3. The Morgan fingerprint density at radius 2 is 1.96 bits per heavy atom. The van der Waals surface area contributed by atoms with Gasteiger partial charge in [0.1, 0.15) is 4.88 Å². The van der Waals surface area contributed by atoms with E-state index < -0.39 is 5.97 Å². The highest BCUT2D eigenvalue weighted by Crippen LogP contribution is 2.34. The molecule has 0 unspecified atom stereocenters. The van der Waals surface area contributed by atoms with Gasteiger partial charge in [0.15, 0.2) is 5.65 Å². The van der Waals surface area contributed by atoms with Crippen molar-refractivity contribution in [2.24, 2.45) is 0 Å². The maximum Gasteiger partial charge on any atom is 0.350 e. The van der Waals surface area contributed by atoms with Crippen molar-refractivity contribution in [3.63, 3.8) is 0 Å². The Bertz CT molecular complexity index is 1030. The molecule has 0 fully saturated rings. The molecule has 25 heavy (non-hydrogen) atoms. The second-order valence-electron chi connectivity index (χ2n) is 5.42. The van der Waals surface area contributed by atoms with Crippen molar-refractivity contribution in [2.45, 2.75) is 0 Å². The van der Waals surface area contributed by atoms with Gasteiger partial charge in [0.25, 0.3) is 0 Å². The van der Waals surface area contributed by atoms with Crippen LogP contribution < -0.4 is 5.73 Å². The number of nitrogen functional groups attached to an aromatic ring is 1. The largest absolute Gasteiger partial charge is 0.465 e. The molecule has 0 radical (unpaired) electrons. The lowest BCUT2D eigenvalue weighted by molar-refractivity contribution is 0.0607. The monoisotopic (exact) mass is 350 g/mol. The van der Waals surface area contributed by atoms with Crippen molar-refractivity contribution in [3.8, 4) is 21.7 Å². The molecule has 3 heterocycles. The normalized spacial score (nSPS) is 10.9. The predicted molar refractivity (Wildman–Crippen MR) is 97.5 cm³/mol. The van der Waals surface area contributed by atoms with Crippen LogP contribution in [0.1, 0.15) is 9.67 Å². The van der Waals surface area contributed by atoms with Crippen molar-refractivity contribution in [1.82, 2.24) is 14.6 Å². The van der Waals surface area contributed by atoms with Crippen molar-refractivity contribution in [3.05, 3.63) is 59.7 Å². The number of thiophene rings is 1. The van der Waals surface area contributed by atoms with Crippen LogP contribution in [0.5, 0.6) is 0 Å². The lowest BCUT2D eigenvalue weighted by Gasteiger charge is -2.00. The first-order valence-electron chi connectivity index (χ1n) is 7.54. The van der Waals surface area contributed by atoms with Crippen LogP contribution in [-0.2, 0) is 4.74 Å². The number of benzene rings is 1. The molecule has 0 saturated heterocycles. The predicted octanol–water partition coefficient (Wildman–Crippen LogP) is 3.49. The fourth-order valence-corrected chi connectivity index (χ4v) is 3.58. The maximum atomic E-state index is 11.7. The number of carbonyl (C=O) groups excluding carboxylic acids is 1. The van der Waals surface area contributed by atoms with Crippen LogP contribution in [0.3, 0.4) is 0 Å². The quantitative estimate of drug-likeness (QED) is 0.572. The number of rotatable bonds is 3. The van der Waals surface area contributed by atoms with E-state index in [9.17, 15) is 4.79 Å². The second-order valence-corrected chi connectivity index (χ2v) is 6.47. The summed E-state index contributed by atoms with van der Waals surface area (Å²) in [5.74, 6) is -0.414. The van der Waals surface area contributed by atoms with E-state index in [-0.39, 0.29) is 0 Å². The standard InChI is InChI=1S/C18H14N4O2S/c1-24-18(23)17-13(19)9-15(25-17)12-5-3-11(4-6-12)14-10-16-20-7-2-8-22(16)21-14/h2-10H,19H2,1H3. The summed E-state index contributed by atoms with van der Waals surface area (Å²) >= 11 is 1.32. The number of fused-ring (bicyclic) bond motifs is 1. The molecule has 3 aromatic heterocycles. The van der Waals surface area contributed by atoms with E-state index in [0.29, 0.717) is 10.6 Å². The Morgan fingerprint density at radius 3 is 2.68 bits per heavy atom. The Hall–Kier alpha value is -3.19. The molecule has 0 amide bonds. The van der Waals surface area contributed by atoms with Gasteiger partial charge in [-0.15, -0.1) is 11.3 Å². The number of carbonyl (C=O) groups is 1. The summed E-state index contributed by atoms with van der Waals surface area (Å²) in [6.45, 7) is 0. The highest BCUT2D eigenvalue weighted by Gasteiger charge is 2.15. The topological polar surface area (TPSA) is 82.5 Å². The van der Waals surface area contributed by atoms with Crippen LogP contribution in [-0.4, -0.2) is 27.7 Å². The number of nitrogens with two attached hydrogens (primary N) is 1. The van der Waals surface area contributed by atoms with Crippen molar-refractivity contribution in [1.29, 1.82) is 0 Å². The smallest absolute Gasteiger partial charge is 0.350 e. The summed E-state index contributed by atoms with van der Waals surface area (Å²) in [4.78, 5) is 17.3. The Balaban J connectivity index is 1.67.